The fraction of sp³-hybridized carbons (Fsp3) is 0.326. The number of likely N-dealkylation sites (tertiary alicyclic amines) is 2. The van der Waals surface area contributed by atoms with Crippen LogP contribution in [-0.4, -0.2) is 93.4 Å². The molecule has 15 heteroatoms. The summed E-state index contributed by atoms with van der Waals surface area (Å²) in [6, 6.07) is 23.4. The highest BCUT2D eigenvalue weighted by atomic mass is 16.5. The van der Waals surface area contributed by atoms with Crippen molar-refractivity contribution in [3.8, 4) is 22.3 Å². The Balaban J connectivity index is 0.893. The van der Waals surface area contributed by atoms with Gasteiger partial charge in [0.05, 0.1) is 60.3 Å². The van der Waals surface area contributed by atoms with Gasteiger partial charge in [-0.3, -0.25) is 19.0 Å². The van der Waals surface area contributed by atoms with Crippen molar-refractivity contribution in [3.63, 3.8) is 0 Å². The monoisotopic (exact) mass is 779 g/mol. The first-order valence-corrected chi connectivity index (χ1v) is 19.8. The van der Waals surface area contributed by atoms with Crippen LogP contribution in [0.4, 0.5) is 4.79 Å². The minimum Gasteiger partial charge on any atom is -0.453 e. The van der Waals surface area contributed by atoms with E-state index in [1.807, 2.05) is 34.8 Å². The van der Waals surface area contributed by atoms with Crippen LogP contribution in [0.25, 0.3) is 44.3 Å². The fourth-order valence-electron chi connectivity index (χ4n) is 8.44. The standard InChI is InChI=1S/C43H45N11O4/c1-27(25-51-19-5-17-44-51)41(55)53-21-3-7-37(53)39-46-32-15-13-30(23-34(32)48-39)28-9-11-29(12-10-28)31-14-16-33-35(24-31)49-40(47-33)38-8-4-22-54(38)42(56)36(50-43(57)58-2)26-52-20-6-18-45-52/h5-6,9-20,23-24,27,36-38H,3-4,7-8,21-22,25-26H2,1-2H3,(H,46,48)(H,47,49)(H,50,57)/t27-,36-,37-,38-/m0/s1. The van der Waals surface area contributed by atoms with Crippen molar-refractivity contribution in [2.75, 3.05) is 20.2 Å². The lowest BCUT2D eigenvalue weighted by molar-refractivity contribution is -0.136. The van der Waals surface area contributed by atoms with Gasteiger partial charge in [0.15, 0.2) is 0 Å². The topological polar surface area (TPSA) is 172 Å². The first kappa shape index (κ1) is 36.8. The number of fused-ring (bicyclic) bond motifs is 2. The molecule has 3 aromatic carbocycles. The molecule has 0 radical (unpaired) electrons. The van der Waals surface area contributed by atoms with E-state index in [0.717, 1.165) is 82.4 Å². The van der Waals surface area contributed by atoms with Crippen LogP contribution in [0.2, 0.25) is 0 Å². The summed E-state index contributed by atoms with van der Waals surface area (Å²) in [4.78, 5) is 60.2. The van der Waals surface area contributed by atoms with Crippen LogP contribution >= 0.6 is 0 Å². The highest BCUT2D eigenvalue weighted by molar-refractivity contribution is 5.87. The van der Waals surface area contributed by atoms with E-state index in [9.17, 15) is 14.4 Å². The Hall–Kier alpha value is -6.77. The highest BCUT2D eigenvalue weighted by Gasteiger charge is 2.37. The predicted octanol–water partition coefficient (Wildman–Crippen LogP) is 6.25. The Morgan fingerprint density at radius 3 is 1.72 bits per heavy atom. The molecule has 0 saturated carbocycles. The van der Waals surface area contributed by atoms with Gasteiger partial charge in [-0.25, -0.2) is 14.8 Å². The van der Waals surface area contributed by atoms with Gasteiger partial charge in [0.25, 0.3) is 0 Å². The van der Waals surface area contributed by atoms with Crippen LogP contribution in [-0.2, 0) is 27.4 Å². The number of hydrogen-bond acceptors (Lipinski definition) is 8. The van der Waals surface area contributed by atoms with Crippen molar-refractivity contribution in [1.82, 2.24) is 54.6 Å². The number of nitrogens with one attached hydrogen (secondary N) is 3. The van der Waals surface area contributed by atoms with Gasteiger partial charge in [-0.2, -0.15) is 10.2 Å². The molecule has 3 N–H and O–H groups in total. The number of aromatic amines is 2. The zero-order chi connectivity index (χ0) is 39.8. The Bertz CT molecular complexity index is 2560. The van der Waals surface area contributed by atoms with Crippen LogP contribution in [0.15, 0.2) is 97.6 Å². The van der Waals surface area contributed by atoms with Crippen molar-refractivity contribution in [2.45, 2.75) is 63.8 Å². The minimum atomic E-state index is -0.849. The molecule has 15 nitrogen and oxygen atoms in total. The first-order chi connectivity index (χ1) is 28.3. The third-order valence-electron chi connectivity index (χ3n) is 11.4. The number of ether oxygens (including phenoxy) is 1. The molecule has 0 aliphatic carbocycles. The van der Waals surface area contributed by atoms with Crippen molar-refractivity contribution < 1.29 is 19.1 Å². The van der Waals surface area contributed by atoms with E-state index in [1.165, 1.54) is 7.11 Å². The average Bonchev–Trinajstić information content (AvgIpc) is 4.10. The second-order valence-electron chi connectivity index (χ2n) is 15.2. The number of benzene rings is 3. The zero-order valence-electron chi connectivity index (χ0n) is 32.4. The Morgan fingerprint density at radius 2 is 1.22 bits per heavy atom. The summed E-state index contributed by atoms with van der Waals surface area (Å²) < 4.78 is 8.24. The molecule has 0 bridgehead atoms. The van der Waals surface area contributed by atoms with E-state index in [2.05, 4.69) is 80.1 Å². The first-order valence-electron chi connectivity index (χ1n) is 19.8. The van der Waals surface area contributed by atoms with Crippen LogP contribution in [0, 0.1) is 5.92 Å². The summed E-state index contributed by atoms with van der Waals surface area (Å²) in [5.41, 5.74) is 7.73. The van der Waals surface area contributed by atoms with Crippen LogP contribution in [0.1, 0.15) is 56.3 Å². The van der Waals surface area contributed by atoms with Gasteiger partial charge >= 0.3 is 6.09 Å². The van der Waals surface area contributed by atoms with Gasteiger partial charge in [0, 0.05) is 37.9 Å². The number of carbonyl (C=O) groups is 3. The Labute approximate surface area is 334 Å². The van der Waals surface area contributed by atoms with Gasteiger partial charge in [0.1, 0.15) is 17.7 Å². The van der Waals surface area contributed by atoms with Gasteiger partial charge < -0.3 is 29.8 Å². The quantitative estimate of drug-likeness (QED) is 0.138. The lowest BCUT2D eigenvalue weighted by Crippen LogP contribution is -2.50. The summed E-state index contributed by atoms with van der Waals surface area (Å²) in [6.07, 6.45) is 9.73. The van der Waals surface area contributed by atoms with Gasteiger partial charge in [0.2, 0.25) is 11.8 Å². The average molecular weight is 780 g/mol. The highest BCUT2D eigenvalue weighted by Crippen LogP contribution is 2.36. The smallest absolute Gasteiger partial charge is 0.407 e. The summed E-state index contributed by atoms with van der Waals surface area (Å²) in [5.74, 6) is 1.27. The number of amides is 3. The van der Waals surface area contributed by atoms with Crippen molar-refractivity contribution in [2.24, 2.45) is 5.92 Å². The summed E-state index contributed by atoms with van der Waals surface area (Å²) in [6.45, 7) is 3.97. The molecule has 7 aromatic rings. The molecule has 296 valence electrons. The molecular weight excluding hydrogens is 735 g/mol. The molecule has 6 heterocycles. The number of H-pyrrole nitrogens is 2. The molecule has 0 spiro atoms. The summed E-state index contributed by atoms with van der Waals surface area (Å²) >= 11 is 0. The molecule has 2 saturated heterocycles. The third-order valence-corrected chi connectivity index (χ3v) is 11.4. The molecule has 2 fully saturated rings. The minimum absolute atomic E-state index is 0.0777. The number of alkyl carbamates (subject to hydrolysis) is 1. The third kappa shape index (κ3) is 7.30. The second-order valence-corrected chi connectivity index (χ2v) is 15.2. The maximum atomic E-state index is 13.9. The molecule has 3 amide bonds. The molecule has 9 rings (SSSR count). The van der Waals surface area contributed by atoms with Crippen LogP contribution in [0.3, 0.4) is 0 Å². The second kappa shape index (κ2) is 15.6. The van der Waals surface area contributed by atoms with E-state index in [1.54, 1.807) is 34.2 Å². The molecule has 0 unspecified atom stereocenters. The van der Waals surface area contributed by atoms with Crippen LogP contribution in [0.5, 0.6) is 0 Å². The van der Waals surface area contributed by atoms with E-state index in [0.29, 0.717) is 18.9 Å². The van der Waals surface area contributed by atoms with Crippen molar-refractivity contribution in [1.29, 1.82) is 0 Å². The SMILES string of the molecule is COC(=O)N[C@@H](Cn1cccn1)C(=O)N1CCC[C@H]1c1nc2cc(-c3ccc(-c4ccc5[nH]c([C@@H]6CCCN6C(=O)[C@@H](C)Cn6cccn6)nc5c4)cc3)ccc2[nH]1. The summed E-state index contributed by atoms with van der Waals surface area (Å²) in [7, 11) is 1.28. The number of aromatic nitrogens is 8. The predicted molar refractivity (Wildman–Crippen MR) is 217 cm³/mol. The van der Waals surface area contributed by atoms with Gasteiger partial charge in [-0.1, -0.05) is 43.3 Å². The van der Waals surface area contributed by atoms with E-state index in [4.69, 9.17) is 14.7 Å². The fourth-order valence-corrected chi connectivity index (χ4v) is 8.44. The molecule has 2 aliphatic rings. The molecule has 2 aliphatic heterocycles. The van der Waals surface area contributed by atoms with Crippen molar-refractivity contribution >= 4 is 40.0 Å². The maximum absolute atomic E-state index is 13.9. The van der Waals surface area contributed by atoms with Gasteiger partial charge in [-0.05, 0) is 84.3 Å². The number of imidazole rings is 2. The number of carbonyl (C=O) groups excluding carboxylic acids is 3. The van der Waals surface area contributed by atoms with E-state index < -0.39 is 12.1 Å². The van der Waals surface area contributed by atoms with E-state index >= 15 is 0 Å². The number of nitrogens with zero attached hydrogens (tertiary/aromatic N) is 8. The maximum Gasteiger partial charge on any atom is 0.407 e. The van der Waals surface area contributed by atoms with Gasteiger partial charge in [-0.15, -0.1) is 0 Å². The molecule has 4 aromatic heterocycles. The normalized spacial score (nSPS) is 17.9. The van der Waals surface area contributed by atoms with Crippen LogP contribution < -0.4 is 5.32 Å². The Morgan fingerprint density at radius 1 is 0.724 bits per heavy atom. The molecular formula is C43H45N11O4. The summed E-state index contributed by atoms with van der Waals surface area (Å²) in [5, 5.41) is 11.2. The number of rotatable bonds is 11. The van der Waals surface area contributed by atoms with E-state index in [-0.39, 0.29) is 36.4 Å². The number of hydrogen-bond donors (Lipinski definition) is 3. The Kier molecular flexibility index (Phi) is 9.93. The number of methoxy groups -OCH3 is 1. The van der Waals surface area contributed by atoms with Crippen molar-refractivity contribution in [3.05, 3.63) is 109 Å². The molecule has 4 atom stereocenters. The zero-order valence-corrected chi connectivity index (χ0v) is 32.4. The lowest BCUT2D eigenvalue weighted by Gasteiger charge is -2.28. The largest absolute Gasteiger partial charge is 0.453 e. The lowest BCUT2D eigenvalue weighted by atomic mass is 10.00. The molecule has 58 heavy (non-hydrogen) atoms.